The third-order valence-electron chi connectivity index (χ3n) is 3.64. The highest BCUT2D eigenvalue weighted by atomic mass is 32.2. The van der Waals surface area contributed by atoms with Crippen molar-refractivity contribution in [2.75, 3.05) is 5.75 Å². The van der Waals surface area contributed by atoms with Gasteiger partial charge in [-0.15, -0.1) is 0 Å². The molecule has 1 fully saturated rings. The summed E-state index contributed by atoms with van der Waals surface area (Å²) in [7, 11) is 0. The van der Waals surface area contributed by atoms with Crippen LogP contribution in [0.15, 0.2) is 36.4 Å². The fourth-order valence-electron chi connectivity index (χ4n) is 2.35. The molecule has 1 aromatic carbocycles. The fourth-order valence-corrected chi connectivity index (χ4v) is 4.01. The van der Waals surface area contributed by atoms with Crippen LogP contribution in [-0.2, 0) is 4.79 Å². The molecule has 2 rings (SSSR count). The van der Waals surface area contributed by atoms with Crippen molar-refractivity contribution in [2.45, 2.75) is 32.4 Å². The smallest absolute Gasteiger partial charge is 0.231 e. The molecule has 3 nitrogen and oxygen atoms in total. The predicted octanol–water partition coefficient (Wildman–Crippen LogP) is 3.34. The maximum absolute atomic E-state index is 12.4. The molecule has 2 atom stereocenters. The number of aliphatic hydroxyl groups excluding tert-OH is 1. The van der Waals surface area contributed by atoms with Crippen LogP contribution in [0.1, 0.15) is 25.8 Å². The minimum atomic E-state index is -0.797. The molecule has 0 bridgehead atoms. The standard InChI is InChI=1S/C17H21NO2S2/c1-12(2)15-11-22-17(21)18(15)16(20)10-14(19)9-8-13-6-4-3-5-7-13/h3-9,12,14-15,19H,10-11H2,1-2H3/b9-8+/t14-,15-/m1/s1. The van der Waals surface area contributed by atoms with Crippen molar-refractivity contribution in [2.24, 2.45) is 5.92 Å². The SMILES string of the molecule is CC(C)[C@H]1CSC(=S)N1C(=O)C[C@H](O)/C=C/c1ccccc1. The first-order chi connectivity index (χ1) is 10.5. The normalized spacial score (nSPS) is 20.1. The van der Waals surface area contributed by atoms with Gasteiger partial charge in [-0.1, -0.05) is 80.3 Å². The minimum Gasteiger partial charge on any atom is -0.388 e. The van der Waals surface area contributed by atoms with Gasteiger partial charge in [-0.3, -0.25) is 9.69 Å². The van der Waals surface area contributed by atoms with Gasteiger partial charge in [-0.2, -0.15) is 0 Å². The lowest BCUT2D eigenvalue weighted by molar-refractivity contribution is -0.130. The Morgan fingerprint density at radius 3 is 2.77 bits per heavy atom. The lowest BCUT2D eigenvalue weighted by atomic mass is 10.0. The van der Waals surface area contributed by atoms with Crippen molar-refractivity contribution in [3.8, 4) is 0 Å². The van der Waals surface area contributed by atoms with Gasteiger partial charge in [0.05, 0.1) is 12.5 Å². The Bertz CT molecular complexity index is 557. The number of carbonyl (C=O) groups excluding carboxylic acids is 1. The van der Waals surface area contributed by atoms with Crippen LogP contribution in [0.3, 0.4) is 0 Å². The van der Waals surface area contributed by atoms with Gasteiger partial charge < -0.3 is 5.11 Å². The maximum Gasteiger partial charge on any atom is 0.231 e. The lowest BCUT2D eigenvalue weighted by Crippen LogP contribution is -2.42. The molecule has 1 saturated heterocycles. The fraction of sp³-hybridized carbons (Fsp3) is 0.412. The number of carbonyl (C=O) groups is 1. The van der Waals surface area contributed by atoms with Crippen molar-refractivity contribution < 1.29 is 9.90 Å². The van der Waals surface area contributed by atoms with Crippen LogP contribution in [0, 0.1) is 5.92 Å². The summed E-state index contributed by atoms with van der Waals surface area (Å²) < 4.78 is 0.628. The second kappa shape index (κ2) is 7.90. The van der Waals surface area contributed by atoms with Crippen molar-refractivity contribution in [3.63, 3.8) is 0 Å². The molecule has 118 valence electrons. The highest BCUT2D eigenvalue weighted by molar-refractivity contribution is 8.23. The summed E-state index contributed by atoms with van der Waals surface area (Å²) in [5, 5.41) is 10.1. The molecule has 22 heavy (non-hydrogen) atoms. The number of benzene rings is 1. The Hall–Kier alpha value is -1.17. The van der Waals surface area contributed by atoms with E-state index in [9.17, 15) is 9.90 Å². The summed E-state index contributed by atoms with van der Waals surface area (Å²) in [6.07, 6.45) is 2.75. The number of aliphatic hydroxyl groups is 1. The number of amides is 1. The number of thioether (sulfide) groups is 1. The van der Waals surface area contributed by atoms with Gasteiger partial charge in [0, 0.05) is 11.8 Å². The van der Waals surface area contributed by atoms with Crippen LogP contribution >= 0.6 is 24.0 Å². The number of hydrogen-bond donors (Lipinski definition) is 1. The van der Waals surface area contributed by atoms with Crippen molar-refractivity contribution in [1.82, 2.24) is 4.90 Å². The Kier molecular flexibility index (Phi) is 6.17. The van der Waals surface area contributed by atoms with E-state index in [1.54, 1.807) is 22.7 Å². The molecule has 5 heteroatoms. The quantitative estimate of drug-likeness (QED) is 0.838. The minimum absolute atomic E-state index is 0.0628. The number of thiocarbonyl (C=S) groups is 1. The molecule has 0 spiro atoms. The first-order valence-corrected chi connectivity index (χ1v) is 8.78. The average Bonchev–Trinajstić information content (AvgIpc) is 2.88. The van der Waals surface area contributed by atoms with Crippen molar-refractivity contribution in [1.29, 1.82) is 0 Å². The van der Waals surface area contributed by atoms with Gasteiger partial charge in [0.2, 0.25) is 5.91 Å². The third kappa shape index (κ3) is 4.41. The molecule has 1 aliphatic heterocycles. The third-order valence-corrected chi connectivity index (χ3v) is 5.14. The molecule has 0 aromatic heterocycles. The summed E-state index contributed by atoms with van der Waals surface area (Å²) in [5.74, 6) is 1.10. The van der Waals surface area contributed by atoms with E-state index in [2.05, 4.69) is 13.8 Å². The predicted molar refractivity (Wildman–Crippen MR) is 96.6 cm³/mol. The Morgan fingerprint density at radius 1 is 1.45 bits per heavy atom. The molecular weight excluding hydrogens is 314 g/mol. The Labute approximate surface area is 141 Å². The summed E-state index contributed by atoms with van der Waals surface area (Å²) in [6.45, 7) is 4.18. The summed E-state index contributed by atoms with van der Waals surface area (Å²) in [4.78, 5) is 14.1. The summed E-state index contributed by atoms with van der Waals surface area (Å²) in [6, 6.07) is 9.84. The second-order valence-corrected chi connectivity index (χ2v) is 7.35. The van der Waals surface area contributed by atoms with Crippen LogP contribution in [0.4, 0.5) is 0 Å². The van der Waals surface area contributed by atoms with Crippen molar-refractivity contribution >= 4 is 40.3 Å². The van der Waals surface area contributed by atoms with E-state index in [4.69, 9.17) is 12.2 Å². The molecule has 0 aliphatic carbocycles. The largest absolute Gasteiger partial charge is 0.388 e. The number of nitrogens with zero attached hydrogens (tertiary/aromatic N) is 1. The van der Waals surface area contributed by atoms with Crippen LogP contribution in [0.25, 0.3) is 6.08 Å². The van der Waals surface area contributed by atoms with Crippen LogP contribution in [0.5, 0.6) is 0 Å². The second-order valence-electron chi connectivity index (χ2n) is 5.69. The first kappa shape index (κ1) is 17.2. The monoisotopic (exact) mass is 335 g/mol. The van der Waals surface area contributed by atoms with E-state index in [1.165, 1.54) is 0 Å². The molecule has 0 radical (unpaired) electrons. The average molecular weight is 335 g/mol. The van der Waals surface area contributed by atoms with E-state index >= 15 is 0 Å². The molecular formula is C17H21NO2S2. The van der Waals surface area contributed by atoms with Crippen molar-refractivity contribution in [3.05, 3.63) is 42.0 Å². The highest BCUT2D eigenvalue weighted by Crippen LogP contribution is 2.29. The zero-order valence-corrected chi connectivity index (χ0v) is 14.4. The van der Waals surface area contributed by atoms with Gasteiger partial charge in [-0.05, 0) is 11.5 Å². The molecule has 0 saturated carbocycles. The van der Waals surface area contributed by atoms with Gasteiger partial charge in [0.15, 0.2) is 0 Å². The van der Waals surface area contributed by atoms with Crippen LogP contribution < -0.4 is 0 Å². The lowest BCUT2D eigenvalue weighted by Gasteiger charge is -2.27. The van der Waals surface area contributed by atoms with E-state index in [0.717, 1.165) is 11.3 Å². The molecule has 1 N–H and O–H groups in total. The van der Waals surface area contributed by atoms with Gasteiger partial charge in [0.25, 0.3) is 0 Å². The highest BCUT2D eigenvalue weighted by Gasteiger charge is 2.35. The van der Waals surface area contributed by atoms with Gasteiger partial charge in [-0.25, -0.2) is 0 Å². The molecule has 1 aliphatic rings. The first-order valence-electron chi connectivity index (χ1n) is 7.39. The Morgan fingerprint density at radius 2 is 2.14 bits per heavy atom. The molecule has 1 amide bonds. The summed E-state index contributed by atoms with van der Waals surface area (Å²) in [5.41, 5.74) is 1.00. The molecule has 1 aromatic rings. The van der Waals surface area contributed by atoms with E-state index < -0.39 is 6.10 Å². The maximum atomic E-state index is 12.4. The van der Waals surface area contributed by atoms with E-state index in [1.807, 2.05) is 36.4 Å². The number of rotatable bonds is 5. The van der Waals surface area contributed by atoms with Crippen LogP contribution in [0.2, 0.25) is 0 Å². The zero-order valence-electron chi connectivity index (χ0n) is 12.8. The topological polar surface area (TPSA) is 40.5 Å². The molecule has 0 unspecified atom stereocenters. The zero-order chi connectivity index (χ0) is 16.1. The molecule has 1 heterocycles. The van der Waals surface area contributed by atoms with Crippen LogP contribution in [-0.4, -0.2) is 38.1 Å². The van der Waals surface area contributed by atoms with E-state index in [-0.39, 0.29) is 18.4 Å². The van der Waals surface area contributed by atoms with E-state index in [0.29, 0.717) is 10.2 Å². The number of hydrogen-bond acceptors (Lipinski definition) is 4. The summed E-state index contributed by atoms with van der Waals surface area (Å²) >= 11 is 6.82. The van der Waals surface area contributed by atoms with Gasteiger partial charge >= 0.3 is 0 Å². The van der Waals surface area contributed by atoms with Gasteiger partial charge in [0.1, 0.15) is 4.32 Å². The Balaban J connectivity index is 1.96.